The van der Waals surface area contributed by atoms with Crippen LogP contribution >= 0.6 is 15.9 Å². The Morgan fingerprint density at radius 3 is 2.22 bits per heavy atom. The van der Waals surface area contributed by atoms with E-state index in [4.69, 9.17) is 0 Å². The van der Waals surface area contributed by atoms with Gasteiger partial charge in [0, 0.05) is 0 Å². The molecule has 0 saturated carbocycles. The molecule has 0 saturated heterocycles. The molecule has 0 aromatic carbocycles. The summed E-state index contributed by atoms with van der Waals surface area (Å²) in [7, 11) is 0. The molecule has 9 heavy (non-hydrogen) atoms. The fourth-order valence-corrected chi connectivity index (χ4v) is 0.457. The molecule has 0 bridgehead atoms. The molecular formula is C5H6BrF3. The molecule has 0 rings (SSSR count). The lowest BCUT2D eigenvalue weighted by Crippen LogP contribution is -2.04. The smallest absolute Gasteiger partial charge is 0.204 e. The van der Waals surface area contributed by atoms with Crippen molar-refractivity contribution in [2.24, 2.45) is 0 Å². The van der Waals surface area contributed by atoms with E-state index in [0.717, 1.165) is 6.08 Å². The van der Waals surface area contributed by atoms with Gasteiger partial charge in [0.05, 0.1) is 0 Å². The lowest BCUT2D eigenvalue weighted by Gasteiger charge is -2.02. The molecule has 0 N–H and O–H groups in total. The van der Waals surface area contributed by atoms with Crippen molar-refractivity contribution in [1.82, 2.24) is 0 Å². The molecule has 54 valence electrons. The van der Waals surface area contributed by atoms with Crippen LogP contribution in [-0.2, 0) is 0 Å². The van der Waals surface area contributed by atoms with Gasteiger partial charge in [-0.15, -0.1) is 0 Å². The first-order valence-electron chi connectivity index (χ1n) is 2.41. The maximum Gasteiger partial charge on any atom is 0.351 e. The second kappa shape index (κ2) is 3.25. The van der Waals surface area contributed by atoms with E-state index in [0.29, 0.717) is 0 Å². The third-order valence-corrected chi connectivity index (χ3v) is 1.03. The molecule has 0 radical (unpaired) electrons. The summed E-state index contributed by atoms with van der Waals surface area (Å²) in [5, 5.41) is 0. The Bertz CT molecular complexity index is 114. The summed E-state index contributed by atoms with van der Waals surface area (Å²) < 4.78 is 35.5. The van der Waals surface area contributed by atoms with Crippen LogP contribution < -0.4 is 0 Å². The summed E-state index contributed by atoms with van der Waals surface area (Å²) in [6.45, 7) is 1.58. The number of allylic oxidation sites excluding steroid dienone is 2. The minimum absolute atomic E-state index is 0.271. The largest absolute Gasteiger partial charge is 0.351 e. The molecule has 0 nitrogen and oxygen atoms in total. The van der Waals surface area contributed by atoms with Gasteiger partial charge in [0.1, 0.15) is 0 Å². The van der Waals surface area contributed by atoms with E-state index in [9.17, 15) is 13.2 Å². The Kier molecular flexibility index (Phi) is 3.25. The number of hydrogen-bond acceptors (Lipinski definition) is 0. The Morgan fingerprint density at radius 1 is 1.67 bits per heavy atom. The molecule has 0 aliphatic heterocycles. The number of halogens is 4. The molecule has 0 aliphatic rings. The van der Waals surface area contributed by atoms with Crippen LogP contribution in [0.3, 0.4) is 0 Å². The summed E-state index contributed by atoms with van der Waals surface area (Å²) in [5.74, 6) is -1.43. The van der Waals surface area contributed by atoms with Crippen LogP contribution in [0, 0.1) is 0 Å². The first-order valence-corrected chi connectivity index (χ1v) is 3.20. The highest BCUT2D eigenvalue weighted by Gasteiger charge is 2.29. The Morgan fingerprint density at radius 2 is 2.11 bits per heavy atom. The first kappa shape index (κ1) is 9.01. The van der Waals surface area contributed by atoms with E-state index in [1.807, 2.05) is 15.9 Å². The van der Waals surface area contributed by atoms with Gasteiger partial charge in [-0.3, -0.25) is 0 Å². The molecule has 0 amide bonds. The van der Waals surface area contributed by atoms with E-state index < -0.39 is 10.7 Å². The van der Waals surface area contributed by atoms with Crippen molar-refractivity contribution >= 4 is 15.9 Å². The average Bonchev–Trinajstić information content (AvgIpc) is 1.64. The van der Waals surface area contributed by atoms with Gasteiger partial charge in [0.2, 0.25) is 0 Å². The fraction of sp³-hybridized carbons (Fsp3) is 0.600. The van der Waals surface area contributed by atoms with Gasteiger partial charge in [0.25, 0.3) is 0 Å². The molecule has 0 atom stereocenters. The number of hydrogen-bond donors (Lipinski definition) is 0. The number of alkyl halides is 3. The Labute approximate surface area is 59.9 Å². The van der Waals surface area contributed by atoms with Crippen LogP contribution in [0.2, 0.25) is 0 Å². The molecule has 0 fully saturated rings. The van der Waals surface area contributed by atoms with Gasteiger partial charge in [0.15, 0.2) is 5.83 Å². The lowest BCUT2D eigenvalue weighted by molar-refractivity contribution is 0.127. The Hall–Kier alpha value is 0.01000. The van der Waals surface area contributed by atoms with Crippen molar-refractivity contribution in [3.8, 4) is 0 Å². The topological polar surface area (TPSA) is 0 Å². The highest BCUT2D eigenvalue weighted by atomic mass is 79.9. The third-order valence-electron chi connectivity index (χ3n) is 0.654. The second-order valence-corrected chi connectivity index (χ2v) is 2.45. The van der Waals surface area contributed by atoms with Gasteiger partial charge in [-0.25, -0.2) is 4.39 Å². The first-order chi connectivity index (χ1) is 3.98. The van der Waals surface area contributed by atoms with Gasteiger partial charge in [-0.1, -0.05) is 6.92 Å². The highest BCUT2D eigenvalue weighted by Crippen LogP contribution is 2.31. The molecular weight excluding hydrogens is 197 g/mol. The van der Waals surface area contributed by atoms with Crippen molar-refractivity contribution in [1.29, 1.82) is 0 Å². The fourth-order valence-electron chi connectivity index (χ4n) is 0.295. The third kappa shape index (κ3) is 3.56. The predicted molar refractivity (Wildman–Crippen MR) is 33.4 cm³/mol. The van der Waals surface area contributed by atoms with Crippen molar-refractivity contribution in [2.45, 2.75) is 18.2 Å². The van der Waals surface area contributed by atoms with Crippen molar-refractivity contribution in [3.63, 3.8) is 0 Å². The molecule has 0 spiro atoms. The standard InChI is InChI=1S/C5H6BrF3/c1-2-3-4(7)5(6,8)9/h3H,2H2,1H3. The molecule has 0 aliphatic carbocycles. The second-order valence-electron chi connectivity index (χ2n) is 1.46. The Balaban J connectivity index is 4.03. The van der Waals surface area contributed by atoms with Crippen LogP contribution in [0.1, 0.15) is 13.3 Å². The zero-order chi connectivity index (χ0) is 7.49. The predicted octanol–water partition coefficient (Wildman–Crippen LogP) is 3.24. The van der Waals surface area contributed by atoms with Crippen LogP contribution in [0.25, 0.3) is 0 Å². The highest BCUT2D eigenvalue weighted by molar-refractivity contribution is 9.10. The minimum atomic E-state index is -3.48. The van der Waals surface area contributed by atoms with Crippen molar-refractivity contribution < 1.29 is 13.2 Å². The average molecular weight is 203 g/mol. The quantitative estimate of drug-likeness (QED) is 0.604. The molecule has 0 heterocycles. The molecule has 0 unspecified atom stereocenters. The maximum atomic E-state index is 12.0. The monoisotopic (exact) mass is 202 g/mol. The van der Waals surface area contributed by atoms with E-state index in [2.05, 4.69) is 0 Å². The zero-order valence-electron chi connectivity index (χ0n) is 4.80. The van der Waals surface area contributed by atoms with Crippen LogP contribution in [0.5, 0.6) is 0 Å². The van der Waals surface area contributed by atoms with Gasteiger partial charge in [-0.05, 0) is 28.4 Å². The molecule has 4 heteroatoms. The van der Waals surface area contributed by atoms with E-state index in [1.54, 1.807) is 6.92 Å². The molecule has 0 aromatic heterocycles. The lowest BCUT2D eigenvalue weighted by atomic mass is 10.4. The van der Waals surface area contributed by atoms with Crippen molar-refractivity contribution in [2.75, 3.05) is 0 Å². The van der Waals surface area contributed by atoms with Gasteiger partial charge in [-0.2, -0.15) is 8.78 Å². The summed E-state index contributed by atoms with van der Waals surface area (Å²) >= 11 is 1.87. The summed E-state index contributed by atoms with van der Waals surface area (Å²) in [6.07, 6.45) is 1.10. The SMILES string of the molecule is CCC=C(F)C(F)(F)Br. The van der Waals surface area contributed by atoms with Crippen LogP contribution in [-0.4, -0.2) is 4.83 Å². The summed E-state index contributed by atoms with van der Waals surface area (Å²) in [6, 6.07) is 0. The van der Waals surface area contributed by atoms with Crippen LogP contribution in [0.4, 0.5) is 13.2 Å². The maximum absolute atomic E-state index is 12.0. The number of rotatable bonds is 2. The van der Waals surface area contributed by atoms with Crippen LogP contribution in [0.15, 0.2) is 11.9 Å². The van der Waals surface area contributed by atoms with E-state index >= 15 is 0 Å². The van der Waals surface area contributed by atoms with E-state index in [1.165, 1.54) is 0 Å². The minimum Gasteiger partial charge on any atom is -0.204 e. The summed E-state index contributed by atoms with van der Waals surface area (Å²) in [4.78, 5) is -3.48. The zero-order valence-corrected chi connectivity index (χ0v) is 6.38. The molecule has 0 aromatic rings. The van der Waals surface area contributed by atoms with Crippen molar-refractivity contribution in [3.05, 3.63) is 11.9 Å². The normalized spacial score (nSPS) is 14.1. The van der Waals surface area contributed by atoms with Gasteiger partial charge >= 0.3 is 4.83 Å². The van der Waals surface area contributed by atoms with E-state index in [-0.39, 0.29) is 6.42 Å². The van der Waals surface area contributed by atoms with Gasteiger partial charge < -0.3 is 0 Å². The summed E-state index contributed by atoms with van der Waals surface area (Å²) in [5.41, 5.74) is 0.